The number of halogens is 3. The maximum atomic E-state index is 12.9. The molecule has 0 bridgehead atoms. The van der Waals surface area contributed by atoms with Crippen molar-refractivity contribution in [2.75, 3.05) is 19.8 Å². The molecule has 2 nitrogen and oxygen atoms in total. The Labute approximate surface area is 110 Å². The van der Waals surface area contributed by atoms with Crippen LogP contribution in [0.2, 0.25) is 0 Å². The van der Waals surface area contributed by atoms with Gasteiger partial charge in [-0.15, -0.1) is 12.1 Å². The Kier molecular flexibility index (Phi) is 10.1. The summed E-state index contributed by atoms with van der Waals surface area (Å²) in [6.07, 6.45) is 0. The molecule has 0 aliphatic heterocycles. The second-order valence-corrected chi connectivity index (χ2v) is 2.54. The average molecular weight is 346 g/mol. The molecule has 0 radical (unpaired) electrons. The predicted molar refractivity (Wildman–Crippen MR) is 56.1 cm³/mol. The quantitative estimate of drug-likeness (QED) is 0.464. The van der Waals surface area contributed by atoms with E-state index in [1.165, 1.54) is 16.3 Å². The first kappa shape index (κ1) is 15.9. The maximum absolute atomic E-state index is 12.9. The minimum atomic E-state index is -0.749. The summed E-state index contributed by atoms with van der Waals surface area (Å²) in [6, 6.07) is 4.14. The van der Waals surface area contributed by atoms with Crippen LogP contribution in [-0.2, 0) is 21.1 Å². The molecule has 0 atom stereocenters. The first-order valence-electron chi connectivity index (χ1n) is 4.58. The molecule has 1 aromatic carbocycles. The normalized spacial score (nSPS) is 9.38. The van der Waals surface area contributed by atoms with Gasteiger partial charge in [-0.1, -0.05) is 6.07 Å². The van der Waals surface area contributed by atoms with Crippen LogP contribution < -0.4 is 4.74 Å². The van der Waals surface area contributed by atoms with E-state index in [2.05, 4.69) is 19.7 Å². The summed E-state index contributed by atoms with van der Waals surface area (Å²) in [6.45, 7) is 3.04. The zero-order chi connectivity index (χ0) is 12.4. The molecule has 1 rings (SSSR count). The van der Waals surface area contributed by atoms with E-state index >= 15 is 0 Å². The molecule has 0 amide bonds. The fourth-order valence-corrected chi connectivity index (χ4v) is 0.889. The monoisotopic (exact) mass is 344 g/mol. The molecular weight excluding hydrogens is 335 g/mol. The molecule has 0 aliphatic carbocycles. The minimum absolute atomic E-state index is 0.0777. The third-order valence-electron chi connectivity index (χ3n) is 1.50. The summed E-state index contributed by atoms with van der Waals surface area (Å²) in [5.74, 6) is -1.49. The summed E-state index contributed by atoms with van der Waals surface area (Å²) in [5.41, 5.74) is 0. The van der Waals surface area contributed by atoms with Crippen LogP contribution in [0.3, 0.4) is 0 Å². The van der Waals surface area contributed by atoms with Gasteiger partial charge in [0.1, 0.15) is 6.61 Å². The van der Waals surface area contributed by atoms with Crippen LogP contribution >= 0.6 is 13.6 Å². The van der Waals surface area contributed by atoms with Crippen molar-refractivity contribution in [3.05, 3.63) is 29.8 Å². The van der Waals surface area contributed by atoms with Crippen molar-refractivity contribution in [1.29, 1.82) is 0 Å². The molecule has 86 valence electrons. The number of rotatable bonds is 5. The van der Waals surface area contributed by atoms with Gasteiger partial charge in [-0.3, -0.25) is 8.78 Å². The first-order chi connectivity index (χ1) is 7.74. The molecule has 0 heterocycles. The molecule has 0 unspecified atom stereocenters. The Morgan fingerprint density at radius 1 is 1.38 bits per heavy atom. The number of hydrogen-bond acceptors (Lipinski definition) is 2. The third kappa shape index (κ3) is 6.51. The fourth-order valence-electron chi connectivity index (χ4n) is 0.889. The van der Waals surface area contributed by atoms with E-state index in [4.69, 9.17) is 9.47 Å². The van der Waals surface area contributed by atoms with Gasteiger partial charge in [0.2, 0.25) is 0 Å². The summed E-state index contributed by atoms with van der Waals surface area (Å²) >= 11 is 4.25. The topological polar surface area (TPSA) is 18.5 Å². The molecule has 0 aromatic heterocycles. The van der Waals surface area contributed by atoms with Crippen molar-refractivity contribution in [1.82, 2.24) is 0 Å². The van der Waals surface area contributed by atoms with Crippen molar-refractivity contribution in [2.45, 2.75) is 6.92 Å². The van der Waals surface area contributed by atoms with Crippen LogP contribution in [0, 0.1) is 17.7 Å². The van der Waals surface area contributed by atoms with E-state index in [1.807, 2.05) is 6.92 Å². The third-order valence-corrected chi connectivity index (χ3v) is 1.50. The molecule has 0 aliphatic rings. The van der Waals surface area contributed by atoms with Gasteiger partial charge in [-0.25, -0.2) is 0 Å². The zero-order valence-corrected chi connectivity index (χ0v) is 13.5. The standard InChI is InChI=1S/C10H11F2O2.BrH.Zn/c1-2-13-5-6-14-10-4-3-8(11)7-9(10)12;;/h3,7H,2,5-6H2,1H3;1H;/q-1;;+2/p-1. The molecule has 6 heteroatoms. The number of hydrogen-bond donors (Lipinski definition) is 0. The van der Waals surface area contributed by atoms with E-state index < -0.39 is 11.6 Å². The van der Waals surface area contributed by atoms with Gasteiger partial charge in [0, 0.05) is 18.2 Å². The van der Waals surface area contributed by atoms with Crippen LogP contribution in [-0.4, -0.2) is 19.8 Å². The summed E-state index contributed by atoms with van der Waals surface area (Å²) in [5, 5.41) is 0. The zero-order valence-electron chi connectivity index (χ0n) is 8.93. The van der Waals surface area contributed by atoms with Gasteiger partial charge >= 0.3 is 30.0 Å². The predicted octanol–water partition coefficient (Wildman–Crippen LogP) is 3.02. The molecule has 0 saturated carbocycles. The molecule has 0 saturated heterocycles. The van der Waals surface area contributed by atoms with E-state index in [-0.39, 0.29) is 12.4 Å². The van der Waals surface area contributed by atoms with E-state index in [0.717, 1.165) is 12.1 Å². The average Bonchev–Trinajstić information content (AvgIpc) is 2.29. The second kappa shape index (κ2) is 10.1. The molecule has 0 fully saturated rings. The number of benzene rings is 1. The molecular formula is C10H11BrF2O2Zn. The van der Waals surface area contributed by atoms with Gasteiger partial charge < -0.3 is 9.47 Å². The van der Waals surface area contributed by atoms with Crippen LogP contribution in [0.4, 0.5) is 8.78 Å². The van der Waals surface area contributed by atoms with Gasteiger partial charge in [0.05, 0.1) is 12.4 Å². The summed E-state index contributed by atoms with van der Waals surface area (Å²) in [7, 11) is 0. The van der Waals surface area contributed by atoms with Crippen LogP contribution in [0.1, 0.15) is 6.92 Å². The van der Waals surface area contributed by atoms with E-state index in [0.29, 0.717) is 13.2 Å². The Morgan fingerprint density at radius 2 is 2.06 bits per heavy atom. The molecule has 16 heavy (non-hydrogen) atoms. The van der Waals surface area contributed by atoms with Crippen LogP contribution in [0.5, 0.6) is 5.75 Å². The van der Waals surface area contributed by atoms with Gasteiger partial charge in [0.15, 0.2) is 0 Å². The van der Waals surface area contributed by atoms with Crippen molar-refractivity contribution in [2.24, 2.45) is 0 Å². The molecule has 0 N–H and O–H groups in total. The first-order valence-corrected chi connectivity index (χ1v) is 11.5. The Morgan fingerprint density at radius 3 is 2.62 bits per heavy atom. The van der Waals surface area contributed by atoms with Crippen molar-refractivity contribution in [3.63, 3.8) is 0 Å². The second-order valence-electron chi connectivity index (χ2n) is 2.54. The summed E-state index contributed by atoms with van der Waals surface area (Å²) < 4.78 is 35.3. The SMILES string of the molecule is CCOCCOc1[c-]cc(F)cc1F.[Zn+][Br]. The van der Waals surface area contributed by atoms with E-state index in [9.17, 15) is 8.78 Å². The Balaban J connectivity index is 0.00000106. The molecule has 1 aromatic rings. The summed E-state index contributed by atoms with van der Waals surface area (Å²) in [4.78, 5) is 0. The van der Waals surface area contributed by atoms with Crippen molar-refractivity contribution >= 4 is 13.6 Å². The van der Waals surface area contributed by atoms with Gasteiger partial charge in [-0.2, -0.15) is 0 Å². The van der Waals surface area contributed by atoms with Crippen LogP contribution in [0.15, 0.2) is 12.1 Å². The Bertz CT molecular complexity index is 300. The van der Waals surface area contributed by atoms with Crippen molar-refractivity contribution < 1.29 is 34.6 Å². The van der Waals surface area contributed by atoms with Crippen molar-refractivity contribution in [3.8, 4) is 5.75 Å². The Hall–Kier alpha value is -0.0566. The molecule has 0 spiro atoms. The van der Waals surface area contributed by atoms with Gasteiger partial charge in [0.25, 0.3) is 0 Å². The number of ether oxygens (including phenoxy) is 2. The fraction of sp³-hybridized carbons (Fsp3) is 0.400. The van der Waals surface area contributed by atoms with E-state index in [1.54, 1.807) is 0 Å². The van der Waals surface area contributed by atoms with Gasteiger partial charge in [-0.05, 0) is 6.92 Å². The van der Waals surface area contributed by atoms with Crippen LogP contribution in [0.25, 0.3) is 0 Å².